The Labute approximate surface area is 184 Å². The number of para-hydroxylation sites is 1. The summed E-state index contributed by atoms with van der Waals surface area (Å²) in [7, 11) is 2.86. The second kappa shape index (κ2) is 8.54. The fourth-order valence-corrected chi connectivity index (χ4v) is 3.66. The van der Waals surface area contributed by atoms with E-state index in [1.165, 1.54) is 11.8 Å². The van der Waals surface area contributed by atoms with Crippen molar-refractivity contribution in [3.05, 3.63) is 59.7 Å². The van der Waals surface area contributed by atoms with Crippen LogP contribution in [0.2, 0.25) is 0 Å². The molecule has 2 heterocycles. The first kappa shape index (κ1) is 21.1. The lowest BCUT2D eigenvalue weighted by molar-refractivity contribution is -0.125. The molecule has 1 atom stereocenters. The Bertz CT molecular complexity index is 1200. The van der Waals surface area contributed by atoms with Crippen LogP contribution >= 0.6 is 0 Å². The lowest BCUT2D eigenvalue weighted by atomic mass is 10.1. The van der Waals surface area contributed by atoms with E-state index in [9.17, 15) is 14.4 Å². The van der Waals surface area contributed by atoms with E-state index in [-0.39, 0.29) is 17.9 Å². The molecule has 0 bridgehead atoms. The zero-order valence-corrected chi connectivity index (χ0v) is 17.8. The predicted molar refractivity (Wildman–Crippen MR) is 118 cm³/mol. The van der Waals surface area contributed by atoms with Crippen molar-refractivity contribution < 1.29 is 23.9 Å². The van der Waals surface area contributed by atoms with E-state index in [1.54, 1.807) is 31.4 Å². The topological polar surface area (TPSA) is 112 Å². The maximum Gasteiger partial charge on any atom is 0.339 e. The number of hydrogen-bond donors (Lipinski definition) is 2. The van der Waals surface area contributed by atoms with Crippen LogP contribution in [-0.2, 0) is 14.3 Å². The van der Waals surface area contributed by atoms with Gasteiger partial charge < -0.3 is 20.1 Å². The Morgan fingerprint density at radius 3 is 2.53 bits per heavy atom. The largest absolute Gasteiger partial charge is 0.497 e. The number of nitrogens with one attached hydrogen (secondary N) is 2. The number of aromatic nitrogens is 2. The molecular formula is C23H22N4O5. The minimum absolute atomic E-state index is 0.0810. The van der Waals surface area contributed by atoms with Crippen LogP contribution < -0.4 is 15.4 Å². The first-order valence-electron chi connectivity index (χ1n) is 9.94. The standard InChI is InChI=1S/C23H22N4O5/c1-13-20(14-8-10-15(31-2)11-9-14)26-27-18(12-19(28)25-21(13)27)22(29)24-17-7-5-4-6-16(17)23(30)32-3/h4-11,18H,12H2,1-3H3,(H,24,29)(H,25,28). The van der Waals surface area contributed by atoms with Crippen LogP contribution in [0.4, 0.5) is 11.5 Å². The molecule has 1 aliphatic heterocycles. The number of amides is 2. The van der Waals surface area contributed by atoms with E-state index in [2.05, 4.69) is 15.7 Å². The molecule has 3 aromatic rings. The van der Waals surface area contributed by atoms with Gasteiger partial charge in [-0.3, -0.25) is 9.59 Å². The minimum atomic E-state index is -0.879. The molecule has 32 heavy (non-hydrogen) atoms. The number of anilines is 2. The highest BCUT2D eigenvalue weighted by molar-refractivity contribution is 6.05. The molecule has 0 spiro atoms. The monoisotopic (exact) mass is 434 g/mol. The molecule has 1 unspecified atom stereocenters. The Balaban J connectivity index is 1.68. The predicted octanol–water partition coefficient (Wildman–Crippen LogP) is 3.18. The number of fused-ring (bicyclic) bond motifs is 1. The Morgan fingerprint density at radius 2 is 1.84 bits per heavy atom. The molecule has 9 nitrogen and oxygen atoms in total. The van der Waals surface area contributed by atoms with Gasteiger partial charge in [-0.05, 0) is 43.3 Å². The van der Waals surface area contributed by atoms with Gasteiger partial charge in [-0.25, -0.2) is 9.48 Å². The molecule has 4 rings (SSSR count). The maximum absolute atomic E-state index is 13.2. The number of benzene rings is 2. The number of carbonyl (C=O) groups is 3. The molecule has 1 aliphatic rings. The van der Waals surface area contributed by atoms with Crippen molar-refractivity contribution in [2.45, 2.75) is 19.4 Å². The van der Waals surface area contributed by atoms with Crippen LogP contribution in [0, 0.1) is 6.92 Å². The summed E-state index contributed by atoms with van der Waals surface area (Å²) in [5.41, 5.74) is 2.75. The van der Waals surface area contributed by atoms with Gasteiger partial charge in [-0.1, -0.05) is 12.1 Å². The van der Waals surface area contributed by atoms with E-state index >= 15 is 0 Å². The third-order valence-electron chi connectivity index (χ3n) is 5.34. The van der Waals surface area contributed by atoms with Crippen LogP contribution in [0.3, 0.4) is 0 Å². The van der Waals surface area contributed by atoms with Crippen LogP contribution in [0.1, 0.15) is 28.4 Å². The van der Waals surface area contributed by atoms with E-state index < -0.39 is 17.9 Å². The summed E-state index contributed by atoms with van der Waals surface area (Å²) in [6.45, 7) is 1.84. The number of esters is 1. The number of methoxy groups -OCH3 is 2. The number of nitrogens with zero attached hydrogens (tertiary/aromatic N) is 2. The SMILES string of the molecule is COC(=O)c1ccccc1NC(=O)C1CC(=O)Nc2c(C)c(-c3ccc(OC)cc3)nn21. The Morgan fingerprint density at radius 1 is 1.12 bits per heavy atom. The van der Waals surface area contributed by atoms with E-state index in [0.29, 0.717) is 22.9 Å². The van der Waals surface area contributed by atoms with Crippen molar-refractivity contribution in [3.63, 3.8) is 0 Å². The van der Waals surface area contributed by atoms with Crippen LogP contribution in [0.5, 0.6) is 5.75 Å². The molecule has 164 valence electrons. The van der Waals surface area contributed by atoms with Crippen molar-refractivity contribution in [2.24, 2.45) is 0 Å². The molecule has 2 N–H and O–H groups in total. The lowest BCUT2D eigenvalue weighted by Crippen LogP contribution is -2.36. The highest BCUT2D eigenvalue weighted by atomic mass is 16.5. The summed E-state index contributed by atoms with van der Waals surface area (Å²) in [5.74, 6) is -0.136. The van der Waals surface area contributed by atoms with Gasteiger partial charge in [0.25, 0.3) is 0 Å². The Kier molecular flexibility index (Phi) is 5.63. The second-order valence-electron chi connectivity index (χ2n) is 7.29. The van der Waals surface area contributed by atoms with Gasteiger partial charge in [-0.15, -0.1) is 0 Å². The molecule has 0 saturated carbocycles. The van der Waals surface area contributed by atoms with Crippen LogP contribution in [-0.4, -0.2) is 41.8 Å². The third-order valence-corrected chi connectivity index (χ3v) is 5.34. The van der Waals surface area contributed by atoms with Gasteiger partial charge >= 0.3 is 5.97 Å². The minimum Gasteiger partial charge on any atom is -0.497 e. The molecule has 1 aromatic heterocycles. The zero-order valence-electron chi connectivity index (χ0n) is 17.8. The molecule has 0 radical (unpaired) electrons. The fraction of sp³-hybridized carbons (Fsp3) is 0.217. The van der Waals surface area contributed by atoms with Crippen LogP contribution in [0.15, 0.2) is 48.5 Å². The first-order valence-corrected chi connectivity index (χ1v) is 9.94. The van der Waals surface area contributed by atoms with Gasteiger partial charge in [0.15, 0.2) is 0 Å². The molecule has 9 heteroatoms. The summed E-state index contributed by atoms with van der Waals surface area (Å²) in [6.07, 6.45) is -0.0810. The number of carbonyl (C=O) groups excluding carboxylic acids is 3. The van der Waals surface area contributed by atoms with Gasteiger partial charge in [0.2, 0.25) is 11.8 Å². The first-order chi connectivity index (χ1) is 15.4. The van der Waals surface area contributed by atoms with Crippen molar-refractivity contribution in [1.29, 1.82) is 0 Å². The van der Waals surface area contributed by atoms with Crippen molar-refractivity contribution in [2.75, 3.05) is 24.9 Å². The maximum atomic E-state index is 13.2. The van der Waals surface area contributed by atoms with E-state index in [0.717, 1.165) is 11.1 Å². The molecule has 2 aromatic carbocycles. The summed E-state index contributed by atoms with van der Waals surface area (Å²) >= 11 is 0. The van der Waals surface area contributed by atoms with Crippen LogP contribution in [0.25, 0.3) is 11.3 Å². The van der Waals surface area contributed by atoms with Crippen molar-refractivity contribution in [1.82, 2.24) is 9.78 Å². The van der Waals surface area contributed by atoms with E-state index in [4.69, 9.17) is 9.47 Å². The van der Waals surface area contributed by atoms with Crippen molar-refractivity contribution in [3.8, 4) is 17.0 Å². The smallest absolute Gasteiger partial charge is 0.339 e. The van der Waals surface area contributed by atoms with Crippen molar-refractivity contribution >= 4 is 29.3 Å². The molecule has 2 amide bonds. The highest BCUT2D eigenvalue weighted by Crippen LogP contribution is 2.35. The summed E-state index contributed by atoms with van der Waals surface area (Å²) < 4.78 is 11.5. The second-order valence-corrected chi connectivity index (χ2v) is 7.29. The molecular weight excluding hydrogens is 412 g/mol. The highest BCUT2D eigenvalue weighted by Gasteiger charge is 2.34. The number of rotatable bonds is 5. The third kappa shape index (κ3) is 3.80. The summed E-state index contributed by atoms with van der Waals surface area (Å²) in [6, 6.07) is 13.0. The summed E-state index contributed by atoms with van der Waals surface area (Å²) in [4.78, 5) is 37.6. The van der Waals surface area contributed by atoms with E-state index in [1.807, 2.05) is 31.2 Å². The van der Waals surface area contributed by atoms with Gasteiger partial charge in [0, 0.05) is 11.1 Å². The Hall–Kier alpha value is -4.14. The van der Waals surface area contributed by atoms with Gasteiger partial charge in [0.05, 0.1) is 37.6 Å². The summed E-state index contributed by atoms with van der Waals surface area (Å²) in [5, 5.41) is 10.2. The average Bonchev–Trinajstić information content (AvgIpc) is 3.14. The van der Waals surface area contributed by atoms with Gasteiger partial charge in [0.1, 0.15) is 17.6 Å². The van der Waals surface area contributed by atoms with Gasteiger partial charge in [-0.2, -0.15) is 5.10 Å². The number of ether oxygens (including phenoxy) is 2. The molecule has 0 aliphatic carbocycles. The zero-order chi connectivity index (χ0) is 22.8. The fourth-order valence-electron chi connectivity index (χ4n) is 3.66. The molecule has 0 fully saturated rings. The lowest BCUT2D eigenvalue weighted by Gasteiger charge is -2.24. The quantitative estimate of drug-likeness (QED) is 0.597. The number of hydrogen-bond acceptors (Lipinski definition) is 6. The normalized spacial score (nSPS) is 14.8. The average molecular weight is 434 g/mol. The molecule has 0 saturated heterocycles.